The molecule has 0 aliphatic heterocycles. The predicted octanol–water partition coefficient (Wildman–Crippen LogP) is 3.25. The summed E-state index contributed by atoms with van der Waals surface area (Å²) in [5, 5.41) is 8.82. The van der Waals surface area contributed by atoms with Crippen molar-refractivity contribution in [2.45, 2.75) is 6.61 Å². The van der Waals surface area contributed by atoms with Crippen LogP contribution in [0.25, 0.3) is 0 Å². The van der Waals surface area contributed by atoms with E-state index in [9.17, 15) is 8.78 Å². The number of halogens is 2. The molecule has 0 spiro atoms. The Bertz CT molecular complexity index is 527. The summed E-state index contributed by atoms with van der Waals surface area (Å²) in [5.74, 6) is -0.829. The Morgan fingerprint density at radius 3 is 2.53 bits per heavy atom. The van der Waals surface area contributed by atoms with E-state index < -0.39 is 11.6 Å². The number of aliphatic hydroxyl groups is 1. The third-order valence-corrected chi connectivity index (χ3v) is 2.20. The molecule has 0 atom stereocenters. The van der Waals surface area contributed by atoms with E-state index in [0.29, 0.717) is 5.56 Å². The fourth-order valence-corrected chi connectivity index (χ4v) is 1.38. The summed E-state index contributed by atoms with van der Waals surface area (Å²) in [7, 11) is 0. The Balaban J connectivity index is 2.24. The van der Waals surface area contributed by atoms with Crippen LogP contribution in [0.3, 0.4) is 0 Å². The zero-order chi connectivity index (χ0) is 12.3. The molecule has 2 nitrogen and oxygen atoms in total. The van der Waals surface area contributed by atoms with Gasteiger partial charge in [0.25, 0.3) is 0 Å². The lowest BCUT2D eigenvalue weighted by Gasteiger charge is -2.07. The second-order valence-electron chi connectivity index (χ2n) is 3.48. The Morgan fingerprint density at radius 2 is 1.88 bits per heavy atom. The van der Waals surface area contributed by atoms with Crippen LogP contribution in [0.5, 0.6) is 11.5 Å². The van der Waals surface area contributed by atoms with Gasteiger partial charge in [0.05, 0.1) is 6.61 Å². The van der Waals surface area contributed by atoms with Crippen LogP contribution < -0.4 is 4.74 Å². The molecule has 0 radical (unpaired) electrons. The third-order valence-electron chi connectivity index (χ3n) is 2.20. The van der Waals surface area contributed by atoms with Crippen molar-refractivity contribution >= 4 is 0 Å². The van der Waals surface area contributed by atoms with Gasteiger partial charge in [0.2, 0.25) is 0 Å². The highest BCUT2D eigenvalue weighted by Gasteiger charge is 2.06. The normalized spacial score (nSPS) is 10.3. The second kappa shape index (κ2) is 4.93. The lowest BCUT2D eigenvalue weighted by Crippen LogP contribution is -1.91. The van der Waals surface area contributed by atoms with Gasteiger partial charge >= 0.3 is 0 Å². The van der Waals surface area contributed by atoms with Gasteiger partial charge < -0.3 is 9.84 Å². The molecule has 0 aromatic heterocycles. The molecule has 4 heteroatoms. The Hall–Kier alpha value is -1.94. The van der Waals surface area contributed by atoms with Crippen molar-refractivity contribution in [1.82, 2.24) is 0 Å². The molecule has 0 saturated heterocycles. The van der Waals surface area contributed by atoms with Crippen LogP contribution in [0.4, 0.5) is 8.78 Å². The second-order valence-corrected chi connectivity index (χ2v) is 3.48. The van der Waals surface area contributed by atoms with E-state index in [0.717, 1.165) is 0 Å². The van der Waals surface area contributed by atoms with E-state index in [-0.39, 0.29) is 18.1 Å². The van der Waals surface area contributed by atoms with Crippen LogP contribution in [0.2, 0.25) is 0 Å². The molecule has 0 bridgehead atoms. The van der Waals surface area contributed by atoms with Gasteiger partial charge in [-0.1, -0.05) is 12.1 Å². The summed E-state index contributed by atoms with van der Waals surface area (Å²) in [6.07, 6.45) is 0. The average molecular weight is 236 g/mol. The number of rotatable bonds is 3. The van der Waals surface area contributed by atoms with Crippen molar-refractivity contribution in [1.29, 1.82) is 0 Å². The standard InChI is InChI=1S/C13H10F2O2/c14-10-2-1-3-11(7-10)17-13-5-4-9(8-16)6-12(13)15/h1-7,16H,8H2. The molecule has 2 aromatic carbocycles. The van der Waals surface area contributed by atoms with Crippen molar-refractivity contribution in [3.8, 4) is 11.5 Å². The third kappa shape index (κ3) is 2.79. The molecule has 0 aliphatic rings. The minimum absolute atomic E-state index is 0.00667. The summed E-state index contributed by atoms with van der Waals surface area (Å²) in [5.41, 5.74) is 0.453. The number of hydrogen-bond acceptors (Lipinski definition) is 2. The SMILES string of the molecule is OCc1ccc(Oc2cccc(F)c2)c(F)c1. The van der Waals surface area contributed by atoms with Gasteiger partial charge in [0.15, 0.2) is 11.6 Å². The maximum absolute atomic E-state index is 13.5. The molecule has 0 aliphatic carbocycles. The smallest absolute Gasteiger partial charge is 0.166 e. The molecule has 88 valence electrons. The van der Waals surface area contributed by atoms with Crippen LogP contribution in [0.1, 0.15) is 5.56 Å². The molecule has 2 aromatic rings. The number of aliphatic hydroxyl groups excluding tert-OH is 1. The van der Waals surface area contributed by atoms with Crippen molar-refractivity contribution in [3.05, 3.63) is 59.7 Å². The van der Waals surface area contributed by atoms with Crippen LogP contribution in [0, 0.1) is 11.6 Å². The molecule has 0 amide bonds. The summed E-state index contributed by atoms with van der Waals surface area (Å²) >= 11 is 0. The van der Waals surface area contributed by atoms with E-state index in [1.54, 1.807) is 0 Å². The number of hydrogen-bond donors (Lipinski definition) is 1. The van der Waals surface area contributed by atoms with Crippen LogP contribution in [0.15, 0.2) is 42.5 Å². The Morgan fingerprint density at radius 1 is 1.06 bits per heavy atom. The quantitative estimate of drug-likeness (QED) is 0.886. The molecule has 2 rings (SSSR count). The monoisotopic (exact) mass is 236 g/mol. The molecular weight excluding hydrogens is 226 g/mol. The first-order valence-electron chi connectivity index (χ1n) is 5.02. The lowest BCUT2D eigenvalue weighted by atomic mass is 10.2. The van der Waals surface area contributed by atoms with Crippen molar-refractivity contribution in [3.63, 3.8) is 0 Å². The van der Waals surface area contributed by atoms with Gasteiger partial charge in [-0.2, -0.15) is 0 Å². The maximum atomic E-state index is 13.5. The van der Waals surface area contributed by atoms with E-state index in [1.807, 2.05) is 0 Å². The first-order valence-corrected chi connectivity index (χ1v) is 5.02. The van der Waals surface area contributed by atoms with Crippen LogP contribution in [-0.2, 0) is 6.61 Å². The van der Waals surface area contributed by atoms with Gasteiger partial charge in [-0.25, -0.2) is 8.78 Å². The zero-order valence-electron chi connectivity index (χ0n) is 8.86. The van der Waals surface area contributed by atoms with E-state index in [2.05, 4.69) is 0 Å². The maximum Gasteiger partial charge on any atom is 0.166 e. The largest absolute Gasteiger partial charge is 0.454 e. The summed E-state index contributed by atoms with van der Waals surface area (Å²) in [6.45, 7) is -0.239. The van der Waals surface area contributed by atoms with Crippen molar-refractivity contribution in [2.24, 2.45) is 0 Å². The molecule has 1 N–H and O–H groups in total. The number of benzene rings is 2. The highest BCUT2D eigenvalue weighted by atomic mass is 19.1. The van der Waals surface area contributed by atoms with Gasteiger partial charge in [0, 0.05) is 6.07 Å². The Labute approximate surface area is 97.1 Å². The highest BCUT2D eigenvalue weighted by molar-refractivity contribution is 5.34. The van der Waals surface area contributed by atoms with Crippen molar-refractivity contribution < 1.29 is 18.6 Å². The van der Waals surface area contributed by atoms with E-state index >= 15 is 0 Å². The van der Waals surface area contributed by atoms with E-state index in [4.69, 9.17) is 9.84 Å². The minimum Gasteiger partial charge on any atom is -0.454 e. The van der Waals surface area contributed by atoms with Gasteiger partial charge in [0.1, 0.15) is 11.6 Å². The molecule has 0 fully saturated rings. The minimum atomic E-state index is -0.596. The zero-order valence-corrected chi connectivity index (χ0v) is 8.86. The van der Waals surface area contributed by atoms with Gasteiger partial charge in [-0.15, -0.1) is 0 Å². The highest BCUT2D eigenvalue weighted by Crippen LogP contribution is 2.25. The molecule has 0 heterocycles. The predicted molar refractivity (Wildman–Crippen MR) is 58.8 cm³/mol. The molecule has 17 heavy (non-hydrogen) atoms. The first kappa shape index (κ1) is 11.5. The molecule has 0 saturated carbocycles. The fourth-order valence-electron chi connectivity index (χ4n) is 1.38. The average Bonchev–Trinajstić information content (AvgIpc) is 2.32. The summed E-state index contributed by atoms with van der Waals surface area (Å²) < 4.78 is 31.6. The van der Waals surface area contributed by atoms with Gasteiger partial charge in [-0.05, 0) is 29.8 Å². The molecular formula is C13H10F2O2. The number of ether oxygens (including phenoxy) is 1. The first-order chi connectivity index (χ1) is 8.19. The molecule has 0 unspecified atom stereocenters. The lowest BCUT2D eigenvalue weighted by molar-refractivity contribution is 0.281. The van der Waals surface area contributed by atoms with E-state index in [1.165, 1.54) is 42.5 Å². The Kier molecular flexibility index (Phi) is 3.35. The van der Waals surface area contributed by atoms with Crippen LogP contribution in [-0.4, -0.2) is 5.11 Å². The van der Waals surface area contributed by atoms with Crippen LogP contribution >= 0.6 is 0 Å². The fraction of sp³-hybridized carbons (Fsp3) is 0.0769. The summed E-state index contributed by atoms with van der Waals surface area (Å²) in [6, 6.07) is 9.56. The van der Waals surface area contributed by atoms with Gasteiger partial charge in [-0.3, -0.25) is 0 Å². The summed E-state index contributed by atoms with van der Waals surface area (Å²) in [4.78, 5) is 0. The topological polar surface area (TPSA) is 29.5 Å². The van der Waals surface area contributed by atoms with Crippen molar-refractivity contribution in [2.75, 3.05) is 0 Å².